The molecule has 8 N–H and O–H groups in total. The molecule has 1 aromatic rings. The van der Waals surface area contributed by atoms with Crippen LogP contribution in [0.25, 0.3) is 0 Å². The number of H-pyrrole nitrogens is 1. The summed E-state index contributed by atoms with van der Waals surface area (Å²) in [7, 11) is 0. The highest BCUT2D eigenvalue weighted by atomic mass is 16.4. The first-order valence-corrected chi connectivity index (χ1v) is 9.97. The molecule has 0 saturated carbocycles. The van der Waals surface area contributed by atoms with Crippen molar-refractivity contribution >= 4 is 23.7 Å². The van der Waals surface area contributed by atoms with Crippen LogP contribution in [0.4, 0.5) is 0 Å². The molecule has 3 amide bonds. The van der Waals surface area contributed by atoms with Crippen molar-refractivity contribution in [1.29, 1.82) is 0 Å². The van der Waals surface area contributed by atoms with Crippen LogP contribution >= 0.6 is 0 Å². The fraction of sp³-hybridized carbons (Fsp3) is 0.632. The predicted molar refractivity (Wildman–Crippen MR) is 111 cm³/mol. The summed E-state index contributed by atoms with van der Waals surface area (Å²) in [4.78, 5) is 55.5. The summed E-state index contributed by atoms with van der Waals surface area (Å²) in [6.07, 6.45) is 2.05. The van der Waals surface area contributed by atoms with Gasteiger partial charge in [0.1, 0.15) is 24.2 Å². The maximum Gasteiger partial charge on any atom is 0.325 e. The van der Waals surface area contributed by atoms with Crippen LogP contribution in [0.1, 0.15) is 39.8 Å². The zero-order valence-corrected chi connectivity index (χ0v) is 18.1. The number of nitrogens with zero attached hydrogens (tertiary/aromatic N) is 1. The lowest BCUT2D eigenvalue weighted by Gasteiger charge is -2.25. The molecule has 31 heavy (non-hydrogen) atoms. The highest BCUT2D eigenvalue weighted by Gasteiger charge is 2.31. The Balaban J connectivity index is 3.00. The number of aromatic amines is 1. The van der Waals surface area contributed by atoms with Gasteiger partial charge in [-0.2, -0.15) is 0 Å². The summed E-state index contributed by atoms with van der Waals surface area (Å²) in [5.74, 6) is -3.24. The maximum atomic E-state index is 13.0. The molecule has 0 saturated heterocycles. The second kappa shape index (κ2) is 12.0. The minimum absolute atomic E-state index is 0.0143. The molecule has 0 fully saturated rings. The number of aliphatic hydroxyl groups is 1. The highest BCUT2D eigenvalue weighted by Crippen LogP contribution is 2.08. The Morgan fingerprint density at radius 3 is 2.10 bits per heavy atom. The van der Waals surface area contributed by atoms with Crippen LogP contribution in [-0.2, 0) is 25.6 Å². The Kier molecular flexibility index (Phi) is 10.1. The van der Waals surface area contributed by atoms with E-state index < -0.39 is 54.0 Å². The lowest BCUT2D eigenvalue weighted by Crippen LogP contribution is -2.58. The molecule has 12 heteroatoms. The summed E-state index contributed by atoms with van der Waals surface area (Å²) >= 11 is 0. The molecule has 0 aliphatic carbocycles. The summed E-state index contributed by atoms with van der Waals surface area (Å²) in [5, 5.41) is 26.0. The summed E-state index contributed by atoms with van der Waals surface area (Å²) < 4.78 is 0. The quantitative estimate of drug-likeness (QED) is 0.199. The Bertz CT molecular complexity index is 751. The van der Waals surface area contributed by atoms with Gasteiger partial charge in [0.2, 0.25) is 17.7 Å². The first kappa shape index (κ1) is 26.0. The van der Waals surface area contributed by atoms with Crippen molar-refractivity contribution in [2.75, 3.05) is 0 Å². The molecular weight excluding hydrogens is 408 g/mol. The van der Waals surface area contributed by atoms with E-state index in [1.54, 1.807) is 0 Å². The minimum atomic E-state index is -1.25. The number of imidazole rings is 1. The molecule has 5 unspecified atom stereocenters. The van der Waals surface area contributed by atoms with Gasteiger partial charge in [-0.3, -0.25) is 19.2 Å². The highest BCUT2D eigenvalue weighted by molar-refractivity contribution is 5.94. The average Bonchev–Trinajstić information content (AvgIpc) is 3.18. The van der Waals surface area contributed by atoms with Crippen molar-refractivity contribution < 1.29 is 29.4 Å². The summed E-state index contributed by atoms with van der Waals surface area (Å²) in [6.45, 7) is 6.35. The van der Waals surface area contributed by atoms with Gasteiger partial charge in [-0.05, 0) is 26.2 Å². The molecule has 0 aliphatic heterocycles. The molecule has 12 nitrogen and oxygen atoms in total. The van der Waals surface area contributed by atoms with Gasteiger partial charge >= 0.3 is 5.97 Å². The van der Waals surface area contributed by atoms with Crippen LogP contribution in [0.3, 0.4) is 0 Å². The second-order valence-electron chi connectivity index (χ2n) is 7.87. The van der Waals surface area contributed by atoms with Crippen molar-refractivity contribution in [3.8, 4) is 0 Å². The number of nitrogens with one attached hydrogen (secondary N) is 4. The van der Waals surface area contributed by atoms with Gasteiger partial charge in [0.25, 0.3) is 0 Å². The molecule has 0 aliphatic rings. The largest absolute Gasteiger partial charge is 0.480 e. The first-order valence-electron chi connectivity index (χ1n) is 9.97. The number of hydrogen-bond acceptors (Lipinski definition) is 7. The standard InChI is InChI=1S/C19H32N6O6/c1-9(2)5-13(16(27)23-10(3)19(30)31)24-17(28)14(6-12-7-21-8-22-12)25-18(29)15(20)11(4)26/h7-11,13-15,26H,5-6,20H2,1-4H3,(H,21,22)(H,23,27)(H,24,28)(H,25,29)(H,30,31). The van der Waals surface area contributed by atoms with Crippen molar-refractivity contribution in [3.63, 3.8) is 0 Å². The maximum absolute atomic E-state index is 13.0. The predicted octanol–water partition coefficient (Wildman–Crippen LogP) is -1.73. The van der Waals surface area contributed by atoms with Crippen molar-refractivity contribution in [2.24, 2.45) is 11.7 Å². The SMILES string of the molecule is CC(C)CC(NC(=O)C(Cc1cnc[nH]1)NC(=O)C(N)C(C)O)C(=O)NC(C)C(=O)O. The normalized spacial score (nSPS) is 16.0. The molecule has 1 rings (SSSR count). The fourth-order valence-electron chi connectivity index (χ4n) is 2.66. The topological polar surface area (TPSA) is 200 Å². The Morgan fingerprint density at radius 2 is 1.61 bits per heavy atom. The molecule has 0 bridgehead atoms. The molecule has 0 spiro atoms. The van der Waals surface area contributed by atoms with Crippen LogP contribution < -0.4 is 21.7 Å². The zero-order valence-electron chi connectivity index (χ0n) is 18.1. The van der Waals surface area contributed by atoms with E-state index in [1.807, 2.05) is 13.8 Å². The van der Waals surface area contributed by atoms with Crippen LogP contribution in [0.2, 0.25) is 0 Å². The van der Waals surface area contributed by atoms with Gasteiger partial charge in [-0.1, -0.05) is 13.8 Å². The summed E-state index contributed by atoms with van der Waals surface area (Å²) in [5.41, 5.74) is 6.20. The number of aromatic nitrogens is 2. The molecular formula is C19H32N6O6. The van der Waals surface area contributed by atoms with E-state index in [2.05, 4.69) is 25.9 Å². The number of nitrogens with two attached hydrogens (primary N) is 1. The number of aliphatic carboxylic acids is 1. The molecule has 1 aromatic heterocycles. The van der Waals surface area contributed by atoms with E-state index in [4.69, 9.17) is 10.8 Å². The second-order valence-corrected chi connectivity index (χ2v) is 7.87. The van der Waals surface area contributed by atoms with Gasteiger partial charge in [-0.15, -0.1) is 0 Å². The van der Waals surface area contributed by atoms with Gasteiger partial charge in [-0.25, -0.2) is 4.98 Å². The lowest BCUT2D eigenvalue weighted by atomic mass is 10.0. The van der Waals surface area contributed by atoms with E-state index in [0.717, 1.165) is 0 Å². The van der Waals surface area contributed by atoms with E-state index in [-0.39, 0.29) is 18.8 Å². The molecule has 0 radical (unpaired) electrons. The lowest BCUT2D eigenvalue weighted by molar-refractivity contribution is -0.142. The van der Waals surface area contributed by atoms with Gasteiger partial charge in [0.05, 0.1) is 12.4 Å². The van der Waals surface area contributed by atoms with Crippen LogP contribution in [0.5, 0.6) is 0 Å². The number of hydrogen-bond donors (Lipinski definition) is 7. The number of aliphatic hydroxyl groups excluding tert-OH is 1. The van der Waals surface area contributed by atoms with Gasteiger partial charge in [0, 0.05) is 18.3 Å². The van der Waals surface area contributed by atoms with E-state index in [9.17, 15) is 24.3 Å². The number of carbonyl (C=O) groups is 4. The van der Waals surface area contributed by atoms with Crippen LogP contribution in [0, 0.1) is 5.92 Å². The fourth-order valence-corrected chi connectivity index (χ4v) is 2.66. The number of rotatable bonds is 12. The van der Waals surface area contributed by atoms with E-state index in [1.165, 1.54) is 26.4 Å². The number of amides is 3. The van der Waals surface area contributed by atoms with Crippen molar-refractivity contribution in [2.45, 2.75) is 70.8 Å². The number of carbonyl (C=O) groups excluding carboxylic acids is 3. The smallest absolute Gasteiger partial charge is 0.325 e. The van der Waals surface area contributed by atoms with Gasteiger partial charge < -0.3 is 36.9 Å². The van der Waals surface area contributed by atoms with Crippen LogP contribution in [0.15, 0.2) is 12.5 Å². The van der Waals surface area contributed by atoms with Crippen molar-refractivity contribution in [1.82, 2.24) is 25.9 Å². The van der Waals surface area contributed by atoms with Crippen molar-refractivity contribution in [3.05, 3.63) is 18.2 Å². The Labute approximate surface area is 180 Å². The minimum Gasteiger partial charge on any atom is -0.480 e. The van der Waals surface area contributed by atoms with E-state index >= 15 is 0 Å². The molecule has 0 aromatic carbocycles. The summed E-state index contributed by atoms with van der Waals surface area (Å²) in [6, 6.07) is -4.51. The Morgan fingerprint density at radius 1 is 1.03 bits per heavy atom. The third-order valence-electron chi connectivity index (χ3n) is 4.50. The molecule has 1 heterocycles. The number of carboxylic acids is 1. The molecule has 174 valence electrons. The van der Waals surface area contributed by atoms with E-state index in [0.29, 0.717) is 5.69 Å². The first-order chi connectivity index (χ1) is 14.4. The third kappa shape index (κ3) is 8.72. The van der Waals surface area contributed by atoms with Crippen LogP contribution in [-0.4, -0.2) is 74.1 Å². The average molecular weight is 441 g/mol. The monoisotopic (exact) mass is 440 g/mol. The van der Waals surface area contributed by atoms with Gasteiger partial charge in [0.15, 0.2) is 0 Å². The zero-order chi connectivity index (χ0) is 23.7. The number of carboxylic acid groups (broad SMARTS) is 1. The molecule has 5 atom stereocenters. The Hall–Kier alpha value is -2.99. The third-order valence-corrected chi connectivity index (χ3v) is 4.50.